The third kappa shape index (κ3) is 3.05. The predicted octanol–water partition coefficient (Wildman–Crippen LogP) is 0.223. The Morgan fingerprint density at radius 3 is 2.94 bits per heavy atom. The quantitative estimate of drug-likeness (QED) is 0.825. The first-order chi connectivity index (χ1) is 8.01. The van der Waals surface area contributed by atoms with Gasteiger partial charge in [-0.2, -0.15) is 0 Å². The van der Waals surface area contributed by atoms with Crippen LogP contribution in [0.3, 0.4) is 0 Å². The summed E-state index contributed by atoms with van der Waals surface area (Å²) in [5, 5.41) is 10.5. The van der Waals surface area contributed by atoms with Crippen molar-refractivity contribution < 1.29 is 13.5 Å². The number of aliphatic hydroxyl groups excluding tert-OH is 1. The van der Waals surface area contributed by atoms with Gasteiger partial charge < -0.3 is 10.0 Å². The van der Waals surface area contributed by atoms with Gasteiger partial charge in [0.2, 0.25) is 10.0 Å². The molecule has 0 aliphatic carbocycles. The Balaban J connectivity index is 2.08. The van der Waals surface area contributed by atoms with Crippen molar-refractivity contribution in [2.45, 2.75) is 24.0 Å². The molecular weight excluding hydrogens is 260 g/mol. The lowest BCUT2D eigenvalue weighted by Crippen LogP contribution is -2.36. The molecule has 0 aromatic carbocycles. The van der Waals surface area contributed by atoms with Crippen LogP contribution in [0, 0.1) is 0 Å². The van der Waals surface area contributed by atoms with E-state index in [1.807, 2.05) is 7.05 Å². The van der Waals surface area contributed by atoms with Crippen molar-refractivity contribution in [3.63, 3.8) is 0 Å². The van der Waals surface area contributed by atoms with Crippen molar-refractivity contribution in [3.05, 3.63) is 16.3 Å². The van der Waals surface area contributed by atoms with Gasteiger partial charge in [-0.15, -0.1) is 11.3 Å². The number of nitrogens with zero attached hydrogens (tertiary/aromatic N) is 1. The Kier molecular flexibility index (Phi) is 3.84. The number of likely N-dealkylation sites (tertiary alicyclic amines) is 1. The summed E-state index contributed by atoms with van der Waals surface area (Å²) in [4.78, 5) is 3.01. The van der Waals surface area contributed by atoms with Crippen LogP contribution < -0.4 is 4.72 Å². The molecule has 1 aliphatic heterocycles. The van der Waals surface area contributed by atoms with E-state index in [1.54, 1.807) is 5.38 Å². The minimum Gasteiger partial charge on any atom is -0.391 e. The zero-order valence-electron chi connectivity index (χ0n) is 9.59. The van der Waals surface area contributed by atoms with E-state index in [-0.39, 0.29) is 17.5 Å². The number of likely N-dealkylation sites (N-methyl/N-ethyl adjacent to an activating group) is 1. The molecule has 17 heavy (non-hydrogen) atoms. The fraction of sp³-hybridized carbons (Fsp3) is 0.600. The molecule has 1 atom stereocenters. The van der Waals surface area contributed by atoms with Crippen LogP contribution in [0.5, 0.6) is 0 Å². The van der Waals surface area contributed by atoms with E-state index in [4.69, 9.17) is 5.11 Å². The van der Waals surface area contributed by atoms with Gasteiger partial charge in [0, 0.05) is 22.8 Å². The third-order valence-corrected chi connectivity index (χ3v) is 5.38. The number of hydrogen-bond donors (Lipinski definition) is 2. The van der Waals surface area contributed by atoms with Crippen molar-refractivity contribution in [1.82, 2.24) is 9.62 Å². The van der Waals surface area contributed by atoms with Gasteiger partial charge >= 0.3 is 0 Å². The molecule has 0 amide bonds. The molecule has 0 bridgehead atoms. The molecule has 7 heteroatoms. The topological polar surface area (TPSA) is 69.6 Å². The standard InChI is InChI=1S/C10H16N2O3S2/c1-12-3-2-8(5-12)11-17(14,15)10-4-9(6-13)16-7-10/h4,7-8,11,13H,2-3,5-6H2,1H3. The van der Waals surface area contributed by atoms with E-state index in [1.165, 1.54) is 17.4 Å². The summed E-state index contributed by atoms with van der Waals surface area (Å²) >= 11 is 1.26. The Morgan fingerprint density at radius 1 is 1.65 bits per heavy atom. The van der Waals surface area contributed by atoms with Gasteiger partial charge in [-0.3, -0.25) is 0 Å². The SMILES string of the molecule is CN1CCC(NS(=O)(=O)c2csc(CO)c2)C1. The third-order valence-electron chi connectivity index (χ3n) is 2.81. The van der Waals surface area contributed by atoms with Gasteiger partial charge in [-0.05, 0) is 26.1 Å². The van der Waals surface area contributed by atoms with E-state index >= 15 is 0 Å². The summed E-state index contributed by atoms with van der Waals surface area (Å²) in [7, 11) is -1.46. The maximum atomic E-state index is 12.0. The Morgan fingerprint density at radius 2 is 2.41 bits per heavy atom. The number of rotatable bonds is 4. The van der Waals surface area contributed by atoms with Crippen LogP contribution in [0.15, 0.2) is 16.3 Å². The summed E-state index contributed by atoms with van der Waals surface area (Å²) in [5.74, 6) is 0. The lowest BCUT2D eigenvalue weighted by atomic mass is 10.3. The number of sulfonamides is 1. The highest BCUT2D eigenvalue weighted by Crippen LogP contribution is 2.20. The number of aliphatic hydroxyl groups is 1. The molecule has 1 aromatic heterocycles. The van der Waals surface area contributed by atoms with Crippen LogP contribution >= 0.6 is 11.3 Å². The van der Waals surface area contributed by atoms with E-state index in [2.05, 4.69) is 9.62 Å². The summed E-state index contributed by atoms with van der Waals surface area (Å²) in [6.07, 6.45) is 0.840. The zero-order chi connectivity index (χ0) is 12.5. The smallest absolute Gasteiger partial charge is 0.241 e. The molecule has 2 N–H and O–H groups in total. The van der Waals surface area contributed by atoms with E-state index in [9.17, 15) is 8.42 Å². The molecule has 1 aromatic rings. The Hall–Kier alpha value is -0.470. The van der Waals surface area contributed by atoms with Crippen molar-refractivity contribution in [2.75, 3.05) is 20.1 Å². The van der Waals surface area contributed by atoms with Crippen LogP contribution in [-0.4, -0.2) is 44.6 Å². The van der Waals surface area contributed by atoms with Gasteiger partial charge in [-0.1, -0.05) is 0 Å². The summed E-state index contributed by atoms with van der Waals surface area (Å²) in [6, 6.07) is 1.51. The largest absolute Gasteiger partial charge is 0.391 e. The highest BCUT2D eigenvalue weighted by molar-refractivity contribution is 7.89. The molecule has 2 heterocycles. The molecule has 0 radical (unpaired) electrons. The van der Waals surface area contributed by atoms with Crippen molar-refractivity contribution in [2.24, 2.45) is 0 Å². The molecule has 2 rings (SSSR count). The molecule has 1 saturated heterocycles. The molecule has 96 valence electrons. The average Bonchev–Trinajstić information content (AvgIpc) is 2.86. The Labute approximate surface area is 105 Å². The van der Waals surface area contributed by atoms with Gasteiger partial charge in [0.1, 0.15) is 0 Å². The van der Waals surface area contributed by atoms with Gasteiger partial charge in [0.25, 0.3) is 0 Å². The average molecular weight is 276 g/mol. The van der Waals surface area contributed by atoms with Crippen molar-refractivity contribution in [1.29, 1.82) is 0 Å². The second kappa shape index (κ2) is 5.03. The molecule has 1 fully saturated rings. The van der Waals surface area contributed by atoms with Crippen LogP contribution in [0.25, 0.3) is 0 Å². The lowest BCUT2D eigenvalue weighted by Gasteiger charge is -2.12. The van der Waals surface area contributed by atoms with E-state index < -0.39 is 10.0 Å². The Bertz CT molecular complexity index is 483. The monoisotopic (exact) mass is 276 g/mol. The maximum Gasteiger partial charge on any atom is 0.241 e. The molecule has 1 aliphatic rings. The summed E-state index contributed by atoms with van der Waals surface area (Å²) < 4.78 is 26.7. The fourth-order valence-electron chi connectivity index (χ4n) is 1.90. The number of thiophene rings is 1. The van der Waals surface area contributed by atoms with Crippen LogP contribution in [0.2, 0.25) is 0 Å². The van der Waals surface area contributed by atoms with Gasteiger partial charge in [0.05, 0.1) is 11.5 Å². The van der Waals surface area contributed by atoms with Crippen LogP contribution in [0.4, 0.5) is 0 Å². The van der Waals surface area contributed by atoms with E-state index in [0.29, 0.717) is 4.88 Å². The normalized spacial score (nSPS) is 22.1. The van der Waals surface area contributed by atoms with Crippen LogP contribution in [0.1, 0.15) is 11.3 Å². The molecule has 0 saturated carbocycles. The predicted molar refractivity (Wildman–Crippen MR) is 66.5 cm³/mol. The van der Waals surface area contributed by atoms with Crippen molar-refractivity contribution >= 4 is 21.4 Å². The highest BCUT2D eigenvalue weighted by atomic mass is 32.2. The first-order valence-corrected chi connectivity index (χ1v) is 7.76. The van der Waals surface area contributed by atoms with Gasteiger partial charge in [0.15, 0.2) is 0 Å². The van der Waals surface area contributed by atoms with E-state index in [0.717, 1.165) is 19.5 Å². The first-order valence-electron chi connectivity index (χ1n) is 5.40. The minimum atomic E-state index is -3.43. The number of nitrogens with one attached hydrogen (secondary N) is 1. The molecule has 5 nitrogen and oxygen atoms in total. The molecular formula is C10H16N2O3S2. The maximum absolute atomic E-state index is 12.0. The minimum absolute atomic E-state index is 0.0116. The van der Waals surface area contributed by atoms with Gasteiger partial charge in [-0.25, -0.2) is 13.1 Å². The number of hydrogen-bond acceptors (Lipinski definition) is 5. The molecule has 0 spiro atoms. The fourth-order valence-corrected chi connectivity index (χ4v) is 4.30. The summed E-state index contributed by atoms with van der Waals surface area (Å²) in [6.45, 7) is 1.54. The second-order valence-corrected chi connectivity index (χ2v) is 6.99. The highest BCUT2D eigenvalue weighted by Gasteiger charge is 2.25. The van der Waals surface area contributed by atoms with Crippen LogP contribution in [-0.2, 0) is 16.6 Å². The lowest BCUT2D eigenvalue weighted by molar-refractivity contribution is 0.285. The first kappa shape index (κ1) is 13.0. The molecule has 1 unspecified atom stereocenters. The zero-order valence-corrected chi connectivity index (χ0v) is 11.2. The van der Waals surface area contributed by atoms with Crippen molar-refractivity contribution in [3.8, 4) is 0 Å². The second-order valence-electron chi connectivity index (χ2n) is 4.28. The summed E-state index contributed by atoms with van der Waals surface area (Å²) in [5.41, 5.74) is 0.